The standard InChI is InChI=1S/C9H18N2O/c1-3-11(9(12)10-2)8-6-4-5-7-8/h8H,3-7H2,1-2H3,(H,10,12). The third-order valence-corrected chi connectivity index (χ3v) is 2.58. The lowest BCUT2D eigenvalue weighted by Gasteiger charge is -2.26. The molecule has 0 aromatic rings. The quantitative estimate of drug-likeness (QED) is 0.670. The SMILES string of the molecule is CCN(C(=O)NC)C1CCCC1. The second-order valence-electron chi connectivity index (χ2n) is 3.28. The van der Waals surface area contributed by atoms with Crippen molar-refractivity contribution in [3.8, 4) is 0 Å². The first-order valence-electron chi connectivity index (χ1n) is 4.78. The number of rotatable bonds is 2. The molecule has 0 atom stereocenters. The average Bonchev–Trinajstić information content (AvgIpc) is 2.58. The van der Waals surface area contributed by atoms with Crippen molar-refractivity contribution in [3.63, 3.8) is 0 Å². The van der Waals surface area contributed by atoms with E-state index in [1.54, 1.807) is 7.05 Å². The van der Waals surface area contributed by atoms with Gasteiger partial charge in [0.15, 0.2) is 0 Å². The third kappa shape index (κ3) is 1.90. The van der Waals surface area contributed by atoms with E-state index in [1.807, 2.05) is 11.8 Å². The first kappa shape index (κ1) is 9.36. The number of urea groups is 1. The fourth-order valence-corrected chi connectivity index (χ4v) is 1.93. The zero-order valence-electron chi connectivity index (χ0n) is 7.97. The van der Waals surface area contributed by atoms with Gasteiger partial charge in [-0.05, 0) is 19.8 Å². The number of carbonyl (C=O) groups is 1. The lowest BCUT2D eigenvalue weighted by molar-refractivity contribution is 0.181. The highest BCUT2D eigenvalue weighted by Crippen LogP contribution is 2.23. The van der Waals surface area contributed by atoms with Gasteiger partial charge in [-0.3, -0.25) is 0 Å². The van der Waals surface area contributed by atoms with Gasteiger partial charge in [0.2, 0.25) is 0 Å². The number of carbonyl (C=O) groups excluding carboxylic acids is 1. The molecule has 2 amide bonds. The lowest BCUT2D eigenvalue weighted by Crippen LogP contribution is -2.43. The Morgan fingerprint density at radius 3 is 2.50 bits per heavy atom. The minimum atomic E-state index is 0.0735. The van der Waals surface area contributed by atoms with Crippen LogP contribution in [0.5, 0.6) is 0 Å². The number of hydrogen-bond acceptors (Lipinski definition) is 1. The Bertz CT molecular complexity index is 153. The predicted octanol–water partition coefficient (Wildman–Crippen LogP) is 1.59. The summed E-state index contributed by atoms with van der Waals surface area (Å²) in [6.07, 6.45) is 4.92. The second kappa shape index (κ2) is 4.33. The lowest BCUT2D eigenvalue weighted by atomic mass is 10.2. The molecule has 70 valence electrons. The maximum absolute atomic E-state index is 11.3. The van der Waals surface area contributed by atoms with Crippen molar-refractivity contribution in [2.24, 2.45) is 0 Å². The van der Waals surface area contributed by atoms with Crippen LogP contribution in [0.15, 0.2) is 0 Å². The van der Waals surface area contributed by atoms with Crippen molar-refractivity contribution in [1.82, 2.24) is 10.2 Å². The van der Waals surface area contributed by atoms with E-state index >= 15 is 0 Å². The fraction of sp³-hybridized carbons (Fsp3) is 0.889. The molecular formula is C9H18N2O. The molecule has 0 unspecified atom stereocenters. The van der Waals surface area contributed by atoms with Crippen LogP contribution in [-0.4, -0.2) is 30.6 Å². The molecule has 0 spiro atoms. The van der Waals surface area contributed by atoms with Gasteiger partial charge in [0.1, 0.15) is 0 Å². The summed E-state index contributed by atoms with van der Waals surface area (Å²) >= 11 is 0. The monoisotopic (exact) mass is 170 g/mol. The van der Waals surface area contributed by atoms with Gasteiger partial charge >= 0.3 is 6.03 Å². The van der Waals surface area contributed by atoms with Gasteiger partial charge in [0.25, 0.3) is 0 Å². The summed E-state index contributed by atoms with van der Waals surface area (Å²) in [5.74, 6) is 0. The van der Waals surface area contributed by atoms with Crippen molar-refractivity contribution in [3.05, 3.63) is 0 Å². The van der Waals surface area contributed by atoms with E-state index in [9.17, 15) is 4.79 Å². The van der Waals surface area contributed by atoms with E-state index in [-0.39, 0.29) is 6.03 Å². The third-order valence-electron chi connectivity index (χ3n) is 2.58. The summed E-state index contributed by atoms with van der Waals surface area (Å²) in [7, 11) is 1.69. The maximum Gasteiger partial charge on any atom is 0.317 e. The minimum absolute atomic E-state index is 0.0735. The van der Waals surface area contributed by atoms with Crippen LogP contribution >= 0.6 is 0 Å². The van der Waals surface area contributed by atoms with E-state index < -0.39 is 0 Å². The molecule has 0 heterocycles. The topological polar surface area (TPSA) is 32.3 Å². The summed E-state index contributed by atoms with van der Waals surface area (Å²) in [5, 5.41) is 2.68. The normalized spacial score (nSPS) is 17.8. The van der Waals surface area contributed by atoms with E-state index in [0.29, 0.717) is 6.04 Å². The van der Waals surface area contributed by atoms with Gasteiger partial charge in [-0.1, -0.05) is 12.8 Å². The Labute approximate surface area is 74.1 Å². The van der Waals surface area contributed by atoms with Gasteiger partial charge in [-0.2, -0.15) is 0 Å². The Hall–Kier alpha value is -0.730. The molecule has 0 aromatic heterocycles. The second-order valence-corrected chi connectivity index (χ2v) is 3.28. The number of amides is 2. The Morgan fingerprint density at radius 1 is 1.50 bits per heavy atom. The van der Waals surface area contributed by atoms with Crippen molar-refractivity contribution < 1.29 is 4.79 Å². The van der Waals surface area contributed by atoms with Gasteiger partial charge < -0.3 is 10.2 Å². The highest BCUT2D eigenvalue weighted by molar-refractivity contribution is 5.74. The van der Waals surface area contributed by atoms with Gasteiger partial charge in [-0.25, -0.2) is 4.79 Å². The smallest absolute Gasteiger partial charge is 0.317 e. The molecule has 0 radical (unpaired) electrons. The van der Waals surface area contributed by atoms with E-state index in [4.69, 9.17) is 0 Å². The largest absolute Gasteiger partial charge is 0.341 e. The highest BCUT2D eigenvalue weighted by Gasteiger charge is 2.24. The van der Waals surface area contributed by atoms with Crippen molar-refractivity contribution in [2.45, 2.75) is 38.6 Å². The van der Waals surface area contributed by atoms with Crippen molar-refractivity contribution >= 4 is 6.03 Å². The van der Waals surface area contributed by atoms with Crippen LogP contribution in [0.25, 0.3) is 0 Å². The molecule has 0 saturated heterocycles. The molecule has 0 aromatic carbocycles. The maximum atomic E-state index is 11.3. The van der Waals surface area contributed by atoms with Crippen LogP contribution < -0.4 is 5.32 Å². The van der Waals surface area contributed by atoms with Crippen molar-refractivity contribution in [1.29, 1.82) is 0 Å². The molecule has 1 N–H and O–H groups in total. The van der Waals surface area contributed by atoms with E-state index in [2.05, 4.69) is 5.32 Å². The average molecular weight is 170 g/mol. The van der Waals surface area contributed by atoms with Crippen LogP contribution in [0.2, 0.25) is 0 Å². The fourth-order valence-electron chi connectivity index (χ4n) is 1.93. The van der Waals surface area contributed by atoms with E-state index in [1.165, 1.54) is 25.7 Å². The zero-order chi connectivity index (χ0) is 8.97. The van der Waals surface area contributed by atoms with Gasteiger partial charge in [0, 0.05) is 19.6 Å². The summed E-state index contributed by atoms with van der Waals surface area (Å²) in [6.45, 7) is 2.86. The van der Waals surface area contributed by atoms with Crippen LogP contribution in [0, 0.1) is 0 Å². The highest BCUT2D eigenvalue weighted by atomic mass is 16.2. The minimum Gasteiger partial charge on any atom is -0.341 e. The molecule has 1 aliphatic carbocycles. The van der Waals surface area contributed by atoms with Gasteiger partial charge in [-0.15, -0.1) is 0 Å². The molecule has 3 heteroatoms. The summed E-state index contributed by atoms with van der Waals surface area (Å²) in [5.41, 5.74) is 0. The zero-order valence-corrected chi connectivity index (χ0v) is 7.97. The molecule has 1 fully saturated rings. The Balaban J connectivity index is 2.48. The van der Waals surface area contributed by atoms with Gasteiger partial charge in [0.05, 0.1) is 0 Å². The first-order chi connectivity index (χ1) is 5.79. The van der Waals surface area contributed by atoms with Crippen LogP contribution in [0.3, 0.4) is 0 Å². The number of hydrogen-bond donors (Lipinski definition) is 1. The Morgan fingerprint density at radius 2 is 2.08 bits per heavy atom. The van der Waals surface area contributed by atoms with Crippen LogP contribution in [-0.2, 0) is 0 Å². The molecule has 12 heavy (non-hydrogen) atoms. The summed E-state index contributed by atoms with van der Waals surface area (Å²) < 4.78 is 0. The molecular weight excluding hydrogens is 152 g/mol. The molecule has 0 aliphatic heterocycles. The predicted molar refractivity (Wildman–Crippen MR) is 49.1 cm³/mol. The van der Waals surface area contributed by atoms with Crippen LogP contribution in [0.1, 0.15) is 32.6 Å². The number of nitrogens with one attached hydrogen (secondary N) is 1. The summed E-state index contributed by atoms with van der Waals surface area (Å²) in [6, 6.07) is 0.569. The first-order valence-corrected chi connectivity index (χ1v) is 4.78. The summed E-state index contributed by atoms with van der Waals surface area (Å²) in [4.78, 5) is 13.3. The molecule has 1 aliphatic rings. The van der Waals surface area contributed by atoms with Crippen molar-refractivity contribution in [2.75, 3.05) is 13.6 Å². The molecule has 3 nitrogen and oxygen atoms in total. The Kier molecular flexibility index (Phi) is 3.38. The molecule has 1 saturated carbocycles. The van der Waals surface area contributed by atoms with Crippen LogP contribution in [0.4, 0.5) is 4.79 Å². The molecule has 0 bridgehead atoms. The number of nitrogens with zero attached hydrogens (tertiary/aromatic N) is 1. The molecule has 1 rings (SSSR count). The van der Waals surface area contributed by atoms with E-state index in [0.717, 1.165) is 6.54 Å².